The third-order valence-electron chi connectivity index (χ3n) is 3.98. The highest BCUT2D eigenvalue weighted by molar-refractivity contribution is 5.59. The molecular weight excluding hydrogens is 272 g/mol. The average Bonchev–Trinajstić information content (AvgIpc) is 3.34. The Kier molecular flexibility index (Phi) is 4.22. The maximum absolute atomic E-state index is 6.02. The molecule has 0 amide bonds. The van der Waals surface area contributed by atoms with Gasteiger partial charge < -0.3 is 23.7 Å². The van der Waals surface area contributed by atoms with E-state index in [1.165, 1.54) is 0 Å². The van der Waals surface area contributed by atoms with Crippen LogP contribution in [-0.2, 0) is 9.47 Å². The molecule has 5 heteroatoms. The van der Waals surface area contributed by atoms with Crippen molar-refractivity contribution in [3.63, 3.8) is 0 Å². The minimum atomic E-state index is -0.232. The second-order valence-electron chi connectivity index (χ2n) is 5.39. The van der Waals surface area contributed by atoms with Crippen molar-refractivity contribution >= 4 is 0 Å². The van der Waals surface area contributed by atoms with Crippen LogP contribution in [0.2, 0.25) is 0 Å². The molecule has 116 valence electrons. The molecule has 3 rings (SSSR count). The van der Waals surface area contributed by atoms with E-state index in [1.54, 1.807) is 14.2 Å². The molecule has 2 atom stereocenters. The van der Waals surface area contributed by atoms with Crippen LogP contribution in [0.1, 0.15) is 36.5 Å². The Balaban J connectivity index is 1.94. The molecule has 1 unspecified atom stereocenters. The number of epoxide rings is 1. The molecule has 0 bridgehead atoms. The molecule has 21 heavy (non-hydrogen) atoms. The van der Waals surface area contributed by atoms with Crippen molar-refractivity contribution in [1.82, 2.24) is 0 Å². The molecule has 0 aromatic heterocycles. The van der Waals surface area contributed by atoms with Gasteiger partial charge in [0, 0.05) is 12.0 Å². The van der Waals surface area contributed by atoms with Crippen LogP contribution in [0.3, 0.4) is 0 Å². The van der Waals surface area contributed by atoms with E-state index in [9.17, 15) is 0 Å². The van der Waals surface area contributed by atoms with E-state index >= 15 is 0 Å². The molecule has 2 aliphatic heterocycles. The first-order chi connectivity index (χ1) is 10.2. The highest BCUT2D eigenvalue weighted by atomic mass is 16.7. The van der Waals surface area contributed by atoms with Crippen LogP contribution in [-0.4, -0.2) is 33.7 Å². The lowest BCUT2D eigenvalue weighted by molar-refractivity contribution is -0.107. The summed E-state index contributed by atoms with van der Waals surface area (Å²) in [6.07, 6.45) is 3.00. The molecule has 1 aromatic rings. The van der Waals surface area contributed by atoms with Gasteiger partial charge in [0.15, 0.2) is 17.8 Å². The summed E-state index contributed by atoms with van der Waals surface area (Å²) in [6, 6.07) is 1.98. The van der Waals surface area contributed by atoms with Gasteiger partial charge in [0.05, 0.1) is 27.4 Å². The zero-order valence-electron chi connectivity index (χ0n) is 12.8. The van der Waals surface area contributed by atoms with Crippen molar-refractivity contribution in [2.24, 2.45) is 0 Å². The van der Waals surface area contributed by atoms with E-state index in [0.29, 0.717) is 17.2 Å². The molecule has 2 fully saturated rings. The van der Waals surface area contributed by atoms with Crippen LogP contribution in [0.5, 0.6) is 17.2 Å². The topological polar surface area (TPSA) is 49.5 Å². The van der Waals surface area contributed by atoms with Gasteiger partial charge in [0.25, 0.3) is 0 Å². The second-order valence-corrected chi connectivity index (χ2v) is 5.39. The lowest BCUT2D eigenvalue weighted by Crippen LogP contribution is -2.25. The van der Waals surface area contributed by atoms with Gasteiger partial charge in [-0.3, -0.25) is 0 Å². The Morgan fingerprint density at radius 3 is 2.48 bits per heavy atom. The normalized spacial score (nSPS) is 24.5. The summed E-state index contributed by atoms with van der Waals surface area (Å²) in [4.78, 5) is 0. The third kappa shape index (κ3) is 2.94. The molecule has 1 aromatic carbocycles. The van der Waals surface area contributed by atoms with Crippen molar-refractivity contribution in [3.8, 4) is 17.2 Å². The fourth-order valence-corrected chi connectivity index (χ4v) is 2.74. The van der Waals surface area contributed by atoms with E-state index < -0.39 is 0 Å². The van der Waals surface area contributed by atoms with Crippen LogP contribution >= 0.6 is 0 Å². The summed E-state index contributed by atoms with van der Waals surface area (Å²) < 4.78 is 28.1. The van der Waals surface area contributed by atoms with Crippen LogP contribution in [0, 0.1) is 6.92 Å². The highest BCUT2D eigenvalue weighted by Crippen LogP contribution is 2.47. The van der Waals surface area contributed by atoms with Crippen LogP contribution < -0.4 is 14.2 Å². The molecular formula is C16H22O5. The minimum Gasteiger partial charge on any atom is -0.493 e. The monoisotopic (exact) mass is 294 g/mol. The largest absolute Gasteiger partial charge is 0.493 e. The SMILES string of the molecule is COc1cc([C@H]2CO2)c(C)c(OC)c1OC1CCCCO1. The van der Waals surface area contributed by atoms with Gasteiger partial charge in [-0.1, -0.05) is 0 Å². The molecule has 0 spiro atoms. The summed E-state index contributed by atoms with van der Waals surface area (Å²) in [7, 11) is 3.28. The smallest absolute Gasteiger partial charge is 0.206 e. The van der Waals surface area contributed by atoms with Gasteiger partial charge in [-0.2, -0.15) is 0 Å². The summed E-state index contributed by atoms with van der Waals surface area (Å²) in [6.45, 7) is 3.51. The van der Waals surface area contributed by atoms with Crippen LogP contribution in [0.25, 0.3) is 0 Å². The predicted molar refractivity (Wildman–Crippen MR) is 77.2 cm³/mol. The minimum absolute atomic E-state index is 0.146. The summed E-state index contributed by atoms with van der Waals surface area (Å²) in [5, 5.41) is 0. The number of hydrogen-bond acceptors (Lipinski definition) is 5. The van der Waals surface area contributed by atoms with Gasteiger partial charge >= 0.3 is 0 Å². The maximum atomic E-state index is 6.02. The standard InChI is InChI=1S/C16H22O5/c1-10-11(13-9-20-13)8-12(17-2)16(15(10)18-3)21-14-6-4-5-7-19-14/h8,13-14H,4-7,9H2,1-3H3/t13-,14?/m1/s1. The number of ether oxygens (including phenoxy) is 5. The van der Waals surface area contributed by atoms with E-state index in [-0.39, 0.29) is 12.4 Å². The van der Waals surface area contributed by atoms with Gasteiger partial charge in [-0.25, -0.2) is 0 Å². The summed E-state index contributed by atoms with van der Waals surface area (Å²) >= 11 is 0. The second kappa shape index (κ2) is 6.12. The summed E-state index contributed by atoms with van der Waals surface area (Å²) in [5.41, 5.74) is 2.13. The van der Waals surface area contributed by atoms with Gasteiger partial charge in [0.1, 0.15) is 6.10 Å². The van der Waals surface area contributed by atoms with Crippen LogP contribution in [0.4, 0.5) is 0 Å². The molecule has 0 N–H and O–H groups in total. The van der Waals surface area contributed by atoms with E-state index in [0.717, 1.165) is 43.6 Å². The zero-order valence-corrected chi connectivity index (χ0v) is 12.8. The van der Waals surface area contributed by atoms with Gasteiger partial charge in [-0.05, 0) is 31.4 Å². The molecule has 2 saturated heterocycles. The maximum Gasteiger partial charge on any atom is 0.206 e. The number of benzene rings is 1. The Morgan fingerprint density at radius 1 is 1.10 bits per heavy atom. The predicted octanol–water partition coefficient (Wildman–Crippen LogP) is 2.99. The van der Waals surface area contributed by atoms with Crippen molar-refractivity contribution in [2.45, 2.75) is 38.6 Å². The Labute approximate surface area is 125 Å². The van der Waals surface area contributed by atoms with Crippen molar-refractivity contribution in [3.05, 3.63) is 17.2 Å². The van der Waals surface area contributed by atoms with Crippen molar-refractivity contribution < 1.29 is 23.7 Å². The van der Waals surface area contributed by atoms with Crippen LogP contribution in [0.15, 0.2) is 6.07 Å². The Hall–Kier alpha value is -1.46. The number of hydrogen-bond donors (Lipinski definition) is 0. The zero-order chi connectivity index (χ0) is 14.8. The fourth-order valence-electron chi connectivity index (χ4n) is 2.74. The van der Waals surface area contributed by atoms with Crippen molar-refractivity contribution in [1.29, 1.82) is 0 Å². The number of methoxy groups -OCH3 is 2. The first-order valence-electron chi connectivity index (χ1n) is 7.40. The molecule has 2 aliphatic rings. The first kappa shape index (κ1) is 14.5. The quantitative estimate of drug-likeness (QED) is 0.781. The third-order valence-corrected chi connectivity index (χ3v) is 3.98. The average molecular weight is 294 g/mol. The first-order valence-corrected chi connectivity index (χ1v) is 7.40. The Morgan fingerprint density at radius 2 is 1.90 bits per heavy atom. The number of rotatable bonds is 5. The van der Waals surface area contributed by atoms with Gasteiger partial charge in [0.2, 0.25) is 5.75 Å². The molecule has 0 radical (unpaired) electrons. The van der Waals surface area contributed by atoms with E-state index in [1.807, 2.05) is 13.0 Å². The lowest BCUT2D eigenvalue weighted by atomic mass is 10.0. The highest BCUT2D eigenvalue weighted by Gasteiger charge is 2.31. The van der Waals surface area contributed by atoms with E-state index in [4.69, 9.17) is 23.7 Å². The fraction of sp³-hybridized carbons (Fsp3) is 0.625. The lowest BCUT2D eigenvalue weighted by Gasteiger charge is -2.26. The van der Waals surface area contributed by atoms with Gasteiger partial charge in [-0.15, -0.1) is 0 Å². The molecule has 5 nitrogen and oxygen atoms in total. The van der Waals surface area contributed by atoms with E-state index in [2.05, 4.69) is 0 Å². The Bertz CT molecular complexity index is 504. The molecule has 0 saturated carbocycles. The van der Waals surface area contributed by atoms with Crippen molar-refractivity contribution in [2.75, 3.05) is 27.4 Å². The molecule has 0 aliphatic carbocycles. The summed E-state index contributed by atoms with van der Waals surface area (Å²) in [5.74, 6) is 1.99. The molecule has 2 heterocycles.